The lowest BCUT2D eigenvalue weighted by Gasteiger charge is -2.38. The second-order valence-corrected chi connectivity index (χ2v) is 6.08. The molecule has 1 N–H and O–H groups in total. The van der Waals surface area contributed by atoms with Gasteiger partial charge in [-0.3, -0.25) is 0 Å². The molecule has 2 aromatic rings. The van der Waals surface area contributed by atoms with Gasteiger partial charge in [0.1, 0.15) is 12.3 Å². The molecule has 2 heteroatoms. The number of hydrogen-bond donors (Lipinski definition) is 1. The fourth-order valence-electron chi connectivity index (χ4n) is 3.27. The van der Waals surface area contributed by atoms with Crippen molar-refractivity contribution >= 4 is 10.8 Å². The van der Waals surface area contributed by atoms with Crippen LogP contribution in [0, 0.1) is 0 Å². The third kappa shape index (κ3) is 2.45. The molecular weight excluding hydrogens is 234 g/mol. The molecule has 2 nitrogen and oxygen atoms in total. The van der Waals surface area contributed by atoms with Crippen molar-refractivity contribution in [3.05, 3.63) is 42.0 Å². The fraction of sp³-hybridized carbons (Fsp3) is 0.412. The maximum absolute atomic E-state index is 10.5. The third-order valence-corrected chi connectivity index (χ3v) is 4.43. The Labute approximate surface area is 114 Å². The summed E-state index contributed by atoms with van der Waals surface area (Å²) in [5.41, 5.74) is 1.09. The van der Waals surface area contributed by atoms with Crippen molar-refractivity contribution in [2.75, 3.05) is 20.1 Å². The van der Waals surface area contributed by atoms with Crippen molar-refractivity contribution in [1.82, 2.24) is 0 Å². The highest BCUT2D eigenvalue weighted by Gasteiger charge is 2.26. The number of hydrogen-bond acceptors (Lipinski definition) is 1. The molecule has 1 aliphatic heterocycles. The number of nitrogens with zero attached hydrogens (tertiary/aromatic N) is 1. The maximum Gasteiger partial charge on any atom is 0.132 e. The van der Waals surface area contributed by atoms with Gasteiger partial charge in [-0.25, -0.2) is 0 Å². The fourth-order valence-corrected chi connectivity index (χ4v) is 3.27. The molecule has 0 unspecified atom stereocenters. The van der Waals surface area contributed by atoms with Gasteiger partial charge in [-0.2, -0.15) is 0 Å². The Morgan fingerprint density at radius 1 is 1.00 bits per heavy atom. The minimum Gasteiger partial charge on any atom is -0.507 e. The van der Waals surface area contributed by atoms with Gasteiger partial charge in [-0.1, -0.05) is 30.3 Å². The van der Waals surface area contributed by atoms with Gasteiger partial charge in [0.05, 0.1) is 20.1 Å². The number of piperidine rings is 1. The number of phenols is 1. The summed E-state index contributed by atoms with van der Waals surface area (Å²) in [6.45, 7) is 3.40. The van der Waals surface area contributed by atoms with Crippen LogP contribution in [0.5, 0.6) is 5.75 Å². The molecule has 1 heterocycles. The first-order valence-electron chi connectivity index (χ1n) is 7.21. The molecule has 1 saturated heterocycles. The number of likely N-dealkylation sites (tertiary alicyclic amines) is 1. The smallest absolute Gasteiger partial charge is 0.132 e. The van der Waals surface area contributed by atoms with Gasteiger partial charge in [-0.05, 0) is 30.7 Å². The molecule has 1 fully saturated rings. The van der Waals surface area contributed by atoms with E-state index in [1.807, 2.05) is 18.2 Å². The minimum absolute atomic E-state index is 0.475. The number of benzene rings is 2. The summed E-state index contributed by atoms with van der Waals surface area (Å²) in [5.74, 6) is 0.475. The van der Waals surface area contributed by atoms with Gasteiger partial charge in [0.2, 0.25) is 0 Å². The Morgan fingerprint density at radius 3 is 2.53 bits per heavy atom. The van der Waals surface area contributed by atoms with E-state index in [9.17, 15) is 5.11 Å². The summed E-state index contributed by atoms with van der Waals surface area (Å²) < 4.78 is 1.06. The van der Waals surface area contributed by atoms with Crippen molar-refractivity contribution in [2.24, 2.45) is 0 Å². The van der Waals surface area contributed by atoms with Crippen molar-refractivity contribution in [2.45, 2.75) is 25.8 Å². The zero-order chi connectivity index (χ0) is 13.3. The van der Waals surface area contributed by atoms with E-state index in [2.05, 4.69) is 25.2 Å². The van der Waals surface area contributed by atoms with E-state index in [0.717, 1.165) is 27.4 Å². The van der Waals surface area contributed by atoms with E-state index >= 15 is 0 Å². The molecule has 0 aliphatic carbocycles. The number of aromatic hydroxyl groups is 1. The zero-order valence-electron chi connectivity index (χ0n) is 11.6. The topological polar surface area (TPSA) is 20.2 Å². The van der Waals surface area contributed by atoms with Crippen LogP contribution in [0.15, 0.2) is 36.4 Å². The maximum atomic E-state index is 10.5. The molecule has 0 radical (unpaired) electrons. The lowest BCUT2D eigenvalue weighted by Crippen LogP contribution is -2.46. The SMILES string of the molecule is C[N+]1(Cc2ccc3ccccc3c2O)CCCCC1. The average molecular weight is 256 g/mol. The average Bonchev–Trinajstić information content (AvgIpc) is 2.43. The first kappa shape index (κ1) is 12.5. The summed E-state index contributed by atoms with van der Waals surface area (Å²) in [6, 6.07) is 12.3. The largest absolute Gasteiger partial charge is 0.507 e. The highest BCUT2D eigenvalue weighted by molar-refractivity contribution is 5.89. The van der Waals surface area contributed by atoms with Crippen LogP contribution < -0.4 is 0 Å². The van der Waals surface area contributed by atoms with Crippen LogP contribution in [0.4, 0.5) is 0 Å². The van der Waals surface area contributed by atoms with Crippen LogP contribution in [0.25, 0.3) is 10.8 Å². The second kappa shape index (κ2) is 4.86. The standard InChI is InChI=1S/C17H21NO/c1-18(11-5-2-6-12-18)13-15-10-9-14-7-3-4-8-16(14)17(15)19/h3-4,7-10H,2,5-6,11-13H2,1H3/p+1. The van der Waals surface area contributed by atoms with Gasteiger partial charge in [0.25, 0.3) is 0 Å². The number of rotatable bonds is 2. The van der Waals surface area contributed by atoms with Gasteiger partial charge in [0, 0.05) is 10.9 Å². The van der Waals surface area contributed by atoms with Crippen molar-refractivity contribution in [3.63, 3.8) is 0 Å². The zero-order valence-corrected chi connectivity index (χ0v) is 11.6. The van der Waals surface area contributed by atoms with Crippen molar-refractivity contribution in [1.29, 1.82) is 0 Å². The molecule has 3 rings (SSSR count). The Bertz CT molecular complexity index is 585. The Balaban J connectivity index is 1.94. The molecule has 1 aliphatic rings. The van der Waals surface area contributed by atoms with Crippen LogP contribution in [-0.4, -0.2) is 29.7 Å². The van der Waals surface area contributed by atoms with Gasteiger partial charge in [0.15, 0.2) is 0 Å². The molecule has 0 bridgehead atoms. The summed E-state index contributed by atoms with van der Waals surface area (Å²) in [7, 11) is 2.31. The van der Waals surface area contributed by atoms with Crippen LogP contribution in [0.2, 0.25) is 0 Å². The van der Waals surface area contributed by atoms with Crippen molar-refractivity contribution in [3.8, 4) is 5.75 Å². The van der Waals surface area contributed by atoms with Gasteiger partial charge in [-0.15, -0.1) is 0 Å². The van der Waals surface area contributed by atoms with Gasteiger partial charge < -0.3 is 9.59 Å². The molecular formula is C17H22NO+. The third-order valence-electron chi connectivity index (χ3n) is 4.43. The van der Waals surface area contributed by atoms with E-state index in [0.29, 0.717) is 5.75 Å². The number of quaternary nitrogens is 1. The lowest BCUT2D eigenvalue weighted by molar-refractivity contribution is -0.926. The quantitative estimate of drug-likeness (QED) is 0.813. The highest BCUT2D eigenvalue weighted by atomic mass is 16.3. The molecule has 0 amide bonds. The number of fused-ring (bicyclic) bond motifs is 1. The van der Waals surface area contributed by atoms with E-state index in [4.69, 9.17) is 0 Å². The molecule has 0 saturated carbocycles. The first-order chi connectivity index (χ1) is 9.18. The lowest BCUT2D eigenvalue weighted by atomic mass is 10.0. The molecule has 2 aromatic carbocycles. The summed E-state index contributed by atoms with van der Waals surface area (Å²) in [4.78, 5) is 0. The Morgan fingerprint density at radius 2 is 1.74 bits per heavy atom. The molecule has 0 aromatic heterocycles. The van der Waals surface area contributed by atoms with Crippen LogP contribution in [-0.2, 0) is 6.54 Å². The van der Waals surface area contributed by atoms with Crippen LogP contribution in [0.3, 0.4) is 0 Å². The van der Waals surface area contributed by atoms with E-state index < -0.39 is 0 Å². The minimum atomic E-state index is 0.475. The van der Waals surface area contributed by atoms with E-state index in [-0.39, 0.29) is 0 Å². The molecule has 19 heavy (non-hydrogen) atoms. The van der Waals surface area contributed by atoms with Crippen molar-refractivity contribution < 1.29 is 9.59 Å². The highest BCUT2D eigenvalue weighted by Crippen LogP contribution is 2.31. The second-order valence-electron chi connectivity index (χ2n) is 6.08. The summed E-state index contributed by atoms with van der Waals surface area (Å²) in [6.07, 6.45) is 3.98. The number of phenolic OH excluding ortho intramolecular Hbond substituents is 1. The van der Waals surface area contributed by atoms with E-state index in [1.165, 1.54) is 32.4 Å². The molecule has 100 valence electrons. The summed E-state index contributed by atoms with van der Waals surface area (Å²) in [5, 5.41) is 12.6. The van der Waals surface area contributed by atoms with Crippen LogP contribution in [0.1, 0.15) is 24.8 Å². The van der Waals surface area contributed by atoms with Gasteiger partial charge >= 0.3 is 0 Å². The molecule has 0 atom stereocenters. The first-order valence-corrected chi connectivity index (χ1v) is 7.21. The Hall–Kier alpha value is -1.54. The predicted octanol–water partition coefficient (Wildman–Crippen LogP) is 3.68. The monoisotopic (exact) mass is 256 g/mol. The van der Waals surface area contributed by atoms with E-state index in [1.54, 1.807) is 0 Å². The Kier molecular flexibility index (Phi) is 3.19. The normalized spacial score (nSPS) is 18.6. The predicted molar refractivity (Wildman–Crippen MR) is 79.1 cm³/mol. The summed E-state index contributed by atoms with van der Waals surface area (Å²) >= 11 is 0. The van der Waals surface area contributed by atoms with Crippen LogP contribution >= 0.6 is 0 Å². The molecule has 0 spiro atoms.